The third-order valence-electron chi connectivity index (χ3n) is 5.28. The summed E-state index contributed by atoms with van der Waals surface area (Å²) in [5.41, 5.74) is 3.94. The van der Waals surface area contributed by atoms with Crippen LogP contribution < -0.4 is 5.32 Å². The van der Waals surface area contributed by atoms with Gasteiger partial charge in [-0.3, -0.25) is 9.48 Å². The van der Waals surface area contributed by atoms with Crippen LogP contribution in [0.4, 0.5) is 0 Å². The Morgan fingerprint density at radius 1 is 1.00 bits per heavy atom. The van der Waals surface area contributed by atoms with Gasteiger partial charge in [-0.1, -0.05) is 12.1 Å². The van der Waals surface area contributed by atoms with Crippen molar-refractivity contribution in [1.29, 1.82) is 0 Å². The van der Waals surface area contributed by atoms with Gasteiger partial charge in [0.2, 0.25) is 0 Å². The zero-order valence-corrected chi connectivity index (χ0v) is 16.4. The zero-order valence-electron chi connectivity index (χ0n) is 16.4. The Morgan fingerprint density at radius 2 is 1.71 bits per heavy atom. The number of carbonyl (C=O) groups is 1. The maximum atomic E-state index is 12.6. The van der Waals surface area contributed by atoms with Crippen molar-refractivity contribution >= 4 is 16.9 Å². The zero-order chi connectivity index (χ0) is 19.5. The molecule has 0 aliphatic carbocycles. The van der Waals surface area contributed by atoms with Gasteiger partial charge in [0.15, 0.2) is 5.65 Å². The van der Waals surface area contributed by atoms with E-state index < -0.39 is 0 Å². The first kappa shape index (κ1) is 18.6. The lowest BCUT2D eigenvalue weighted by atomic mass is 10.1. The molecule has 7 heteroatoms. The first-order chi connectivity index (χ1) is 13.6. The van der Waals surface area contributed by atoms with E-state index in [0.717, 1.165) is 67.0 Å². The van der Waals surface area contributed by atoms with E-state index in [1.165, 1.54) is 0 Å². The molecular weight excluding hydrogens is 352 g/mol. The third-order valence-corrected chi connectivity index (χ3v) is 5.28. The first-order valence-corrected chi connectivity index (χ1v) is 9.64. The van der Waals surface area contributed by atoms with Crippen LogP contribution in [0.1, 0.15) is 21.5 Å². The van der Waals surface area contributed by atoms with Crippen molar-refractivity contribution in [2.45, 2.75) is 13.1 Å². The van der Waals surface area contributed by atoms with Crippen LogP contribution in [-0.2, 0) is 20.1 Å². The number of fused-ring (bicyclic) bond motifs is 1. The quantitative estimate of drug-likeness (QED) is 0.731. The molecule has 0 spiro atoms. The van der Waals surface area contributed by atoms with E-state index in [2.05, 4.69) is 33.4 Å². The largest absolute Gasteiger partial charge is 0.336 e. The number of hydrogen-bond donors (Lipinski definition) is 1. The second-order valence-electron chi connectivity index (χ2n) is 7.42. The fourth-order valence-corrected chi connectivity index (χ4v) is 3.49. The number of amides is 1. The Labute approximate surface area is 165 Å². The van der Waals surface area contributed by atoms with Gasteiger partial charge >= 0.3 is 0 Å². The van der Waals surface area contributed by atoms with E-state index in [1.54, 1.807) is 4.68 Å². The fourth-order valence-electron chi connectivity index (χ4n) is 3.49. The molecule has 0 unspecified atom stereocenters. The average molecular weight is 378 g/mol. The van der Waals surface area contributed by atoms with Crippen molar-refractivity contribution in [3.63, 3.8) is 0 Å². The van der Waals surface area contributed by atoms with Crippen molar-refractivity contribution in [2.75, 3.05) is 33.2 Å². The highest BCUT2D eigenvalue weighted by molar-refractivity contribution is 5.94. The summed E-state index contributed by atoms with van der Waals surface area (Å²) in [6, 6.07) is 10.0. The molecule has 1 aromatic carbocycles. The van der Waals surface area contributed by atoms with Gasteiger partial charge in [-0.2, -0.15) is 5.10 Å². The molecule has 0 radical (unpaired) electrons. The van der Waals surface area contributed by atoms with Gasteiger partial charge in [0.1, 0.15) is 0 Å². The van der Waals surface area contributed by atoms with E-state index in [4.69, 9.17) is 0 Å². The van der Waals surface area contributed by atoms with Crippen LogP contribution in [0.15, 0.2) is 42.7 Å². The molecule has 7 nitrogen and oxygen atoms in total. The molecule has 146 valence electrons. The van der Waals surface area contributed by atoms with Crippen LogP contribution in [0.2, 0.25) is 0 Å². The SMILES string of the molecule is CN1CCN(C(=O)c2ccc(CNCc3cnc4c(cnn4C)c3)cc2)CC1. The minimum absolute atomic E-state index is 0.128. The fraction of sp³-hybridized carbons (Fsp3) is 0.381. The van der Waals surface area contributed by atoms with Gasteiger partial charge in [0.05, 0.1) is 6.20 Å². The molecule has 3 heterocycles. The Hall–Kier alpha value is -2.77. The number of pyridine rings is 1. The molecule has 1 N–H and O–H groups in total. The van der Waals surface area contributed by atoms with Crippen molar-refractivity contribution in [1.82, 2.24) is 29.9 Å². The summed E-state index contributed by atoms with van der Waals surface area (Å²) >= 11 is 0. The van der Waals surface area contributed by atoms with Crippen LogP contribution >= 0.6 is 0 Å². The number of benzene rings is 1. The van der Waals surface area contributed by atoms with E-state index in [-0.39, 0.29) is 5.91 Å². The molecule has 1 fully saturated rings. The Kier molecular flexibility index (Phi) is 5.36. The second kappa shape index (κ2) is 8.08. The number of hydrogen-bond acceptors (Lipinski definition) is 5. The monoisotopic (exact) mass is 378 g/mol. The maximum Gasteiger partial charge on any atom is 0.253 e. The molecular formula is C21H26N6O. The van der Waals surface area contributed by atoms with Crippen LogP contribution in [-0.4, -0.2) is 63.7 Å². The molecule has 4 rings (SSSR count). The van der Waals surface area contributed by atoms with Gasteiger partial charge < -0.3 is 15.1 Å². The Bertz CT molecular complexity index is 957. The number of aromatic nitrogens is 3. The minimum atomic E-state index is 0.128. The third kappa shape index (κ3) is 4.05. The predicted octanol–water partition coefficient (Wildman–Crippen LogP) is 1.65. The van der Waals surface area contributed by atoms with Crippen LogP contribution in [0, 0.1) is 0 Å². The molecule has 0 bridgehead atoms. The van der Waals surface area contributed by atoms with Crippen LogP contribution in [0.25, 0.3) is 11.0 Å². The molecule has 3 aromatic rings. The van der Waals surface area contributed by atoms with Crippen LogP contribution in [0.3, 0.4) is 0 Å². The maximum absolute atomic E-state index is 12.6. The summed E-state index contributed by atoms with van der Waals surface area (Å²) in [7, 11) is 3.99. The Balaban J connectivity index is 1.31. The van der Waals surface area contributed by atoms with Crippen molar-refractivity contribution in [3.05, 3.63) is 59.4 Å². The molecule has 1 amide bonds. The lowest BCUT2D eigenvalue weighted by molar-refractivity contribution is 0.0664. The van der Waals surface area contributed by atoms with Gasteiger partial charge in [-0.25, -0.2) is 4.98 Å². The molecule has 1 aliphatic heterocycles. The van der Waals surface area contributed by atoms with Crippen molar-refractivity contribution < 1.29 is 4.79 Å². The Morgan fingerprint density at radius 3 is 2.46 bits per heavy atom. The van der Waals surface area contributed by atoms with Gasteiger partial charge in [0.25, 0.3) is 5.91 Å². The molecule has 1 aliphatic rings. The summed E-state index contributed by atoms with van der Waals surface area (Å²) in [5.74, 6) is 0.128. The van der Waals surface area contributed by atoms with E-state index in [9.17, 15) is 4.79 Å². The van der Waals surface area contributed by atoms with E-state index in [1.807, 2.05) is 48.6 Å². The van der Waals surface area contributed by atoms with E-state index in [0.29, 0.717) is 0 Å². The number of aryl methyl sites for hydroxylation is 1. The summed E-state index contributed by atoms with van der Waals surface area (Å²) in [4.78, 5) is 21.3. The summed E-state index contributed by atoms with van der Waals surface area (Å²) in [6.45, 7) is 4.96. The highest BCUT2D eigenvalue weighted by Crippen LogP contribution is 2.13. The van der Waals surface area contributed by atoms with Gasteiger partial charge in [0, 0.05) is 63.5 Å². The second-order valence-corrected chi connectivity index (χ2v) is 7.42. The number of carbonyl (C=O) groups excluding carboxylic acids is 1. The number of nitrogens with one attached hydrogen (secondary N) is 1. The normalized spacial score (nSPS) is 15.3. The number of nitrogens with zero attached hydrogens (tertiary/aromatic N) is 5. The van der Waals surface area contributed by atoms with Crippen molar-refractivity contribution in [3.8, 4) is 0 Å². The topological polar surface area (TPSA) is 66.3 Å². The number of piperazine rings is 1. The lowest BCUT2D eigenvalue weighted by Gasteiger charge is -2.32. The molecule has 28 heavy (non-hydrogen) atoms. The van der Waals surface area contributed by atoms with E-state index >= 15 is 0 Å². The number of likely N-dealkylation sites (N-methyl/N-ethyl adjacent to an activating group) is 1. The van der Waals surface area contributed by atoms with Crippen molar-refractivity contribution in [2.24, 2.45) is 7.05 Å². The predicted molar refractivity (Wildman–Crippen MR) is 109 cm³/mol. The van der Waals surface area contributed by atoms with Crippen LogP contribution in [0.5, 0.6) is 0 Å². The van der Waals surface area contributed by atoms with Gasteiger partial charge in [-0.15, -0.1) is 0 Å². The molecule has 1 saturated heterocycles. The minimum Gasteiger partial charge on any atom is -0.336 e. The highest BCUT2D eigenvalue weighted by atomic mass is 16.2. The average Bonchev–Trinajstić information content (AvgIpc) is 3.09. The number of rotatable bonds is 5. The molecule has 0 saturated carbocycles. The standard InChI is InChI=1S/C21H26N6O/c1-25-7-9-27(10-8-25)21(28)18-5-3-16(4-6-18)12-22-13-17-11-19-15-24-26(2)20(19)23-14-17/h3-6,11,14-15,22H,7-10,12-13H2,1-2H3. The summed E-state index contributed by atoms with van der Waals surface area (Å²) < 4.78 is 1.78. The lowest BCUT2D eigenvalue weighted by Crippen LogP contribution is -2.47. The molecule has 2 aromatic heterocycles. The molecule has 0 atom stereocenters. The van der Waals surface area contributed by atoms with Gasteiger partial charge in [-0.05, 0) is 36.4 Å². The summed E-state index contributed by atoms with van der Waals surface area (Å²) in [5, 5.41) is 8.71. The highest BCUT2D eigenvalue weighted by Gasteiger charge is 2.20. The smallest absolute Gasteiger partial charge is 0.253 e. The summed E-state index contributed by atoms with van der Waals surface area (Å²) in [6.07, 6.45) is 3.72. The first-order valence-electron chi connectivity index (χ1n) is 9.64.